The summed E-state index contributed by atoms with van der Waals surface area (Å²) < 4.78 is 5.73. The van der Waals surface area contributed by atoms with Crippen molar-refractivity contribution in [2.24, 2.45) is 5.10 Å². The Morgan fingerprint density at radius 1 is 1.08 bits per heavy atom. The first-order valence-electron chi connectivity index (χ1n) is 8.47. The summed E-state index contributed by atoms with van der Waals surface area (Å²) in [5, 5.41) is 4.05. The summed E-state index contributed by atoms with van der Waals surface area (Å²) in [5.74, 6) is 0.504. The zero-order valence-electron chi connectivity index (χ0n) is 15.5. The Morgan fingerprint density at radius 3 is 2.32 bits per heavy atom. The molecule has 0 atom stereocenters. The van der Waals surface area contributed by atoms with Crippen molar-refractivity contribution in [1.29, 1.82) is 0 Å². The molecular formula is C21H26N2O2. The van der Waals surface area contributed by atoms with E-state index in [9.17, 15) is 4.79 Å². The number of carbonyl (C=O) groups is 1. The summed E-state index contributed by atoms with van der Waals surface area (Å²) >= 11 is 0. The number of ether oxygens (including phenoxy) is 1. The largest absolute Gasteiger partial charge is 0.490 e. The molecule has 0 aromatic heterocycles. The molecule has 1 amide bonds. The highest BCUT2D eigenvalue weighted by atomic mass is 16.5. The van der Waals surface area contributed by atoms with Gasteiger partial charge in [0.1, 0.15) is 5.75 Å². The van der Waals surface area contributed by atoms with Gasteiger partial charge in [0, 0.05) is 11.1 Å². The van der Waals surface area contributed by atoms with Gasteiger partial charge in [-0.2, -0.15) is 5.10 Å². The Labute approximate surface area is 149 Å². The van der Waals surface area contributed by atoms with Crippen molar-refractivity contribution in [1.82, 2.24) is 5.43 Å². The highest BCUT2D eigenvalue weighted by Gasteiger charge is 2.14. The normalized spacial score (nSPS) is 11.8. The molecule has 0 aliphatic heterocycles. The molecule has 0 heterocycles. The third kappa shape index (κ3) is 5.45. The first-order chi connectivity index (χ1) is 11.8. The van der Waals surface area contributed by atoms with Crippen molar-refractivity contribution in [3.8, 4) is 5.75 Å². The van der Waals surface area contributed by atoms with Gasteiger partial charge in [-0.25, -0.2) is 5.43 Å². The molecule has 0 aliphatic carbocycles. The Hall–Kier alpha value is -2.62. The lowest BCUT2D eigenvalue weighted by Crippen LogP contribution is -2.18. The molecule has 0 radical (unpaired) electrons. The number of benzene rings is 2. The third-order valence-electron chi connectivity index (χ3n) is 3.66. The van der Waals surface area contributed by atoms with Crippen molar-refractivity contribution < 1.29 is 9.53 Å². The number of nitrogens with one attached hydrogen (secondary N) is 1. The fourth-order valence-corrected chi connectivity index (χ4v) is 2.30. The molecule has 4 nitrogen and oxygen atoms in total. The minimum atomic E-state index is -0.237. The molecule has 0 saturated heterocycles. The maximum atomic E-state index is 12.2. The maximum absolute atomic E-state index is 12.2. The fourth-order valence-electron chi connectivity index (χ4n) is 2.30. The van der Waals surface area contributed by atoms with Gasteiger partial charge in [0.05, 0.1) is 12.3 Å². The van der Waals surface area contributed by atoms with Crippen LogP contribution in [0.3, 0.4) is 0 Å². The highest BCUT2D eigenvalue weighted by Crippen LogP contribution is 2.22. The van der Waals surface area contributed by atoms with Gasteiger partial charge in [-0.15, -0.1) is 0 Å². The lowest BCUT2D eigenvalue weighted by molar-refractivity contribution is 0.0955. The molecule has 2 aromatic carbocycles. The molecule has 0 spiro atoms. The molecule has 0 unspecified atom stereocenters. The fraction of sp³-hybridized carbons (Fsp3) is 0.333. The minimum Gasteiger partial charge on any atom is -0.490 e. The smallest absolute Gasteiger partial charge is 0.271 e. The highest BCUT2D eigenvalue weighted by molar-refractivity contribution is 5.95. The van der Waals surface area contributed by atoms with E-state index in [0.29, 0.717) is 5.56 Å². The van der Waals surface area contributed by atoms with Crippen LogP contribution in [-0.2, 0) is 5.41 Å². The van der Waals surface area contributed by atoms with Crippen LogP contribution in [-0.4, -0.2) is 18.2 Å². The summed E-state index contributed by atoms with van der Waals surface area (Å²) in [4.78, 5) is 12.2. The topological polar surface area (TPSA) is 50.7 Å². The quantitative estimate of drug-likeness (QED) is 0.643. The average molecular weight is 338 g/mol. The molecule has 0 fully saturated rings. The number of hydrogen-bond acceptors (Lipinski definition) is 3. The van der Waals surface area contributed by atoms with E-state index in [-0.39, 0.29) is 17.4 Å². The van der Waals surface area contributed by atoms with Crippen LogP contribution in [0.2, 0.25) is 0 Å². The average Bonchev–Trinajstić information content (AvgIpc) is 2.55. The standard InChI is InChI=1S/C21H26N2O2/c1-15(2)25-19-9-7-6-8-17(19)14-22-23-20(24)16-10-12-18(13-11-16)21(3,4)5/h6-15H,1-5H3,(H,23,24)/b22-14-. The molecular weight excluding hydrogens is 312 g/mol. The molecule has 2 rings (SSSR count). The summed E-state index contributed by atoms with van der Waals surface area (Å²) in [6, 6.07) is 15.2. The van der Waals surface area contributed by atoms with Crippen molar-refractivity contribution in [2.75, 3.05) is 0 Å². The van der Waals surface area contributed by atoms with Gasteiger partial charge in [0.2, 0.25) is 0 Å². The summed E-state index contributed by atoms with van der Waals surface area (Å²) in [6.45, 7) is 10.4. The SMILES string of the molecule is CC(C)Oc1ccccc1/C=N\NC(=O)c1ccc(C(C)(C)C)cc1. The number of para-hydroxylation sites is 1. The molecule has 1 N–H and O–H groups in total. The second-order valence-electron chi connectivity index (χ2n) is 7.23. The molecule has 132 valence electrons. The number of nitrogens with zero attached hydrogens (tertiary/aromatic N) is 1. The lowest BCUT2D eigenvalue weighted by atomic mass is 9.87. The minimum absolute atomic E-state index is 0.0628. The second kappa shape index (κ2) is 7.97. The predicted molar refractivity (Wildman–Crippen MR) is 102 cm³/mol. The van der Waals surface area contributed by atoms with E-state index >= 15 is 0 Å². The number of carbonyl (C=O) groups excluding carboxylic acids is 1. The first-order valence-corrected chi connectivity index (χ1v) is 8.47. The van der Waals surface area contributed by atoms with Gasteiger partial charge in [-0.3, -0.25) is 4.79 Å². The van der Waals surface area contributed by atoms with Crippen molar-refractivity contribution in [2.45, 2.75) is 46.1 Å². The Bertz CT molecular complexity index is 741. The molecule has 2 aromatic rings. The van der Waals surface area contributed by atoms with E-state index in [0.717, 1.165) is 11.3 Å². The zero-order valence-corrected chi connectivity index (χ0v) is 15.5. The summed E-state index contributed by atoms with van der Waals surface area (Å²) in [6.07, 6.45) is 1.67. The zero-order chi connectivity index (χ0) is 18.4. The molecule has 0 aliphatic rings. The summed E-state index contributed by atoms with van der Waals surface area (Å²) in [7, 11) is 0. The van der Waals surface area contributed by atoms with Gasteiger partial charge in [-0.1, -0.05) is 45.0 Å². The monoisotopic (exact) mass is 338 g/mol. The Kier molecular flexibility index (Phi) is 5.97. The van der Waals surface area contributed by atoms with Crippen molar-refractivity contribution in [3.05, 3.63) is 65.2 Å². The number of hydrogen-bond donors (Lipinski definition) is 1. The van der Waals surface area contributed by atoms with Crippen LogP contribution < -0.4 is 10.2 Å². The Morgan fingerprint density at radius 2 is 1.72 bits per heavy atom. The van der Waals surface area contributed by atoms with E-state index in [1.807, 2.05) is 62.4 Å². The third-order valence-corrected chi connectivity index (χ3v) is 3.66. The van der Waals surface area contributed by atoms with E-state index in [2.05, 4.69) is 31.3 Å². The molecule has 4 heteroatoms. The van der Waals surface area contributed by atoms with Crippen molar-refractivity contribution >= 4 is 12.1 Å². The number of amides is 1. The molecule has 25 heavy (non-hydrogen) atoms. The van der Waals surface area contributed by atoms with Gasteiger partial charge in [0.15, 0.2) is 0 Å². The van der Waals surface area contributed by atoms with Crippen LogP contribution >= 0.6 is 0 Å². The molecule has 0 bridgehead atoms. The van der Waals surface area contributed by atoms with Crippen LogP contribution in [0.15, 0.2) is 53.6 Å². The van der Waals surface area contributed by atoms with Crippen LogP contribution in [0, 0.1) is 0 Å². The van der Waals surface area contributed by atoms with Crippen LogP contribution in [0.1, 0.15) is 56.1 Å². The van der Waals surface area contributed by atoms with Gasteiger partial charge < -0.3 is 4.74 Å². The maximum Gasteiger partial charge on any atom is 0.271 e. The van der Waals surface area contributed by atoms with Crippen LogP contribution in [0.25, 0.3) is 0 Å². The second-order valence-corrected chi connectivity index (χ2v) is 7.23. The number of rotatable bonds is 5. The van der Waals surface area contributed by atoms with Crippen LogP contribution in [0.5, 0.6) is 5.75 Å². The van der Waals surface area contributed by atoms with Gasteiger partial charge in [-0.05, 0) is 49.1 Å². The Balaban J connectivity index is 2.04. The van der Waals surface area contributed by atoms with E-state index in [4.69, 9.17) is 4.74 Å². The van der Waals surface area contributed by atoms with Gasteiger partial charge in [0.25, 0.3) is 5.91 Å². The van der Waals surface area contributed by atoms with E-state index in [1.54, 1.807) is 6.21 Å². The van der Waals surface area contributed by atoms with Gasteiger partial charge >= 0.3 is 0 Å². The van der Waals surface area contributed by atoms with E-state index < -0.39 is 0 Å². The molecule has 0 saturated carbocycles. The van der Waals surface area contributed by atoms with Crippen LogP contribution in [0.4, 0.5) is 0 Å². The van der Waals surface area contributed by atoms with E-state index in [1.165, 1.54) is 5.56 Å². The summed E-state index contributed by atoms with van der Waals surface area (Å²) in [5.41, 5.74) is 5.21. The predicted octanol–water partition coefficient (Wildman–Crippen LogP) is 4.54. The lowest BCUT2D eigenvalue weighted by Gasteiger charge is -2.18. The first kappa shape index (κ1) is 18.7. The van der Waals surface area contributed by atoms with Crippen molar-refractivity contribution in [3.63, 3.8) is 0 Å². The number of hydrazone groups is 1.